The van der Waals surface area contributed by atoms with Crippen LogP contribution in [-0.4, -0.2) is 9.52 Å². The van der Waals surface area contributed by atoms with Gasteiger partial charge < -0.3 is 0 Å². The van der Waals surface area contributed by atoms with Crippen molar-refractivity contribution in [2.24, 2.45) is 0 Å². The van der Waals surface area contributed by atoms with E-state index in [9.17, 15) is 0 Å². The van der Waals surface area contributed by atoms with E-state index in [1.807, 2.05) is 0 Å². The van der Waals surface area contributed by atoms with Crippen LogP contribution < -0.4 is 0 Å². The summed E-state index contributed by atoms with van der Waals surface area (Å²) in [6.45, 7) is 8.82. The van der Waals surface area contributed by atoms with Gasteiger partial charge in [0, 0.05) is 35.4 Å². The Balaban J connectivity index is -0.000000112. The van der Waals surface area contributed by atoms with E-state index in [4.69, 9.17) is 0 Å². The molecule has 2 aliphatic rings. The molecular weight excluding hydrogens is 461 g/mol. The van der Waals surface area contributed by atoms with E-state index < -0.39 is 0 Å². The maximum atomic E-state index is 3.14. The predicted octanol–water partition coefficient (Wildman–Crippen LogP) is 5.77. The van der Waals surface area contributed by atoms with E-state index >= 15 is 0 Å². The van der Waals surface area contributed by atoms with Crippen LogP contribution >= 0.6 is 0 Å². The Kier molecular flexibility index (Phi) is 31.5. The van der Waals surface area contributed by atoms with Gasteiger partial charge in [-0.1, -0.05) is 52.6 Å². The summed E-state index contributed by atoms with van der Waals surface area (Å²) in [6.07, 6.45) is 22.0. The standard InChI is InChI=1S/2C8H11.C2H7Si.2FH.Hf/c2*1-2-5-8-6-3-4-7-8;1-3-2;;;/h2*6-7H,2-3,5H2,1H3;3H,1-2H3;2*1H;/q2*-1;;;;. The fourth-order valence-electron chi connectivity index (χ4n) is 1.80. The molecule has 0 aromatic heterocycles. The first-order valence-electron chi connectivity index (χ1n) is 7.53. The monoisotopic (exact) mass is 493 g/mol. The van der Waals surface area contributed by atoms with Gasteiger partial charge in [-0.15, -0.1) is 12.8 Å². The van der Waals surface area contributed by atoms with Gasteiger partial charge in [0.05, 0.1) is 0 Å². The molecule has 127 valence electrons. The van der Waals surface area contributed by atoms with Crippen molar-refractivity contribution in [3.05, 3.63) is 47.6 Å². The first-order valence-corrected chi connectivity index (χ1v) is 9.84. The molecule has 0 heterocycles. The Bertz CT molecular complexity index is 302. The van der Waals surface area contributed by atoms with Crippen molar-refractivity contribution in [3.8, 4) is 0 Å². The van der Waals surface area contributed by atoms with E-state index in [0.717, 1.165) is 22.4 Å². The minimum atomic E-state index is 0. The molecule has 2 aliphatic carbocycles. The molecule has 0 bridgehead atoms. The molecule has 0 atom stereocenters. The SMILES string of the molecule is CCCC1=CC[C-]=C1.CCCC1=CC[C-]=C1.C[SiH]C.F.F.[Hf]. The van der Waals surface area contributed by atoms with Crippen LogP contribution in [0.4, 0.5) is 9.41 Å². The molecular formula is C18H31F2HfSi-2. The van der Waals surface area contributed by atoms with Gasteiger partial charge in [-0.3, -0.25) is 21.6 Å². The summed E-state index contributed by atoms with van der Waals surface area (Å²) in [5.74, 6) is 0. The van der Waals surface area contributed by atoms with Crippen molar-refractivity contribution in [2.45, 2.75) is 65.5 Å². The molecule has 2 rings (SSSR count). The fourth-order valence-corrected chi connectivity index (χ4v) is 1.80. The summed E-state index contributed by atoms with van der Waals surface area (Å²) in [4.78, 5) is 0. The summed E-state index contributed by atoms with van der Waals surface area (Å²) in [5.41, 5.74) is 2.93. The smallest absolute Gasteiger partial charge is 0.0213 e. The van der Waals surface area contributed by atoms with Gasteiger partial charge in [0.2, 0.25) is 0 Å². The zero-order valence-electron chi connectivity index (χ0n) is 14.4. The third-order valence-electron chi connectivity index (χ3n) is 2.62. The van der Waals surface area contributed by atoms with Crippen LogP contribution in [0.1, 0.15) is 52.4 Å². The van der Waals surface area contributed by atoms with E-state index in [2.05, 4.69) is 63.4 Å². The molecule has 0 aromatic carbocycles. The van der Waals surface area contributed by atoms with Gasteiger partial charge in [0.25, 0.3) is 0 Å². The van der Waals surface area contributed by atoms with Crippen molar-refractivity contribution in [3.63, 3.8) is 0 Å². The Hall–Kier alpha value is -0.0930. The number of allylic oxidation sites excluding steroid dienone is 8. The Morgan fingerprint density at radius 1 is 0.864 bits per heavy atom. The average Bonchev–Trinajstić information content (AvgIpc) is 3.05. The number of rotatable bonds is 4. The van der Waals surface area contributed by atoms with Crippen molar-refractivity contribution in [1.29, 1.82) is 0 Å². The summed E-state index contributed by atoms with van der Waals surface area (Å²) < 4.78 is 0. The molecule has 1 radical (unpaired) electrons. The Labute approximate surface area is 157 Å². The Morgan fingerprint density at radius 3 is 1.36 bits per heavy atom. The average molecular weight is 492 g/mol. The minimum absolute atomic E-state index is 0. The molecule has 0 unspecified atom stereocenters. The second kappa shape index (κ2) is 23.2. The van der Waals surface area contributed by atoms with Crippen LogP contribution in [-0.2, 0) is 25.8 Å². The summed E-state index contributed by atoms with van der Waals surface area (Å²) >= 11 is 0. The van der Waals surface area contributed by atoms with Crippen LogP contribution in [0.3, 0.4) is 0 Å². The van der Waals surface area contributed by atoms with Crippen LogP contribution in [0.2, 0.25) is 13.1 Å². The molecule has 0 saturated carbocycles. The van der Waals surface area contributed by atoms with Gasteiger partial charge in [-0.25, -0.2) is 23.3 Å². The predicted molar refractivity (Wildman–Crippen MR) is 94.7 cm³/mol. The van der Waals surface area contributed by atoms with E-state index in [1.165, 1.54) is 36.8 Å². The first kappa shape index (κ1) is 29.9. The normalized spacial score (nSPS) is 13.1. The maximum Gasteiger partial charge on any atom is 0.0213 e. The van der Waals surface area contributed by atoms with Gasteiger partial charge in [-0.2, -0.15) is 12.2 Å². The van der Waals surface area contributed by atoms with Gasteiger partial charge in [0.1, 0.15) is 0 Å². The van der Waals surface area contributed by atoms with E-state index in [1.54, 1.807) is 0 Å². The third-order valence-corrected chi connectivity index (χ3v) is 2.62. The van der Waals surface area contributed by atoms with Crippen molar-refractivity contribution in [1.82, 2.24) is 0 Å². The topological polar surface area (TPSA) is 0 Å². The van der Waals surface area contributed by atoms with E-state index in [-0.39, 0.29) is 35.3 Å². The second-order valence-corrected chi connectivity index (χ2v) is 5.90. The molecule has 0 fully saturated rings. The number of halogens is 2. The fraction of sp³-hybridized carbons (Fsp3) is 0.556. The van der Waals surface area contributed by atoms with Crippen molar-refractivity contribution < 1.29 is 35.3 Å². The van der Waals surface area contributed by atoms with Crippen LogP contribution in [0, 0.1) is 12.2 Å². The van der Waals surface area contributed by atoms with E-state index in [0.29, 0.717) is 0 Å². The largest absolute Gasteiger partial charge is 0.273 e. The second-order valence-electron chi connectivity index (χ2n) is 4.74. The van der Waals surface area contributed by atoms with Crippen LogP contribution in [0.25, 0.3) is 0 Å². The molecule has 0 N–H and O–H groups in total. The zero-order chi connectivity index (χ0) is 14.3. The summed E-state index contributed by atoms with van der Waals surface area (Å²) in [7, 11) is 0.750. The minimum Gasteiger partial charge on any atom is -0.273 e. The van der Waals surface area contributed by atoms with Gasteiger partial charge in [0.15, 0.2) is 0 Å². The molecule has 0 nitrogen and oxygen atoms in total. The Morgan fingerprint density at radius 2 is 1.18 bits per heavy atom. The molecule has 0 aliphatic heterocycles. The quantitative estimate of drug-likeness (QED) is 0.346. The van der Waals surface area contributed by atoms with Crippen LogP contribution in [0.15, 0.2) is 35.5 Å². The molecule has 4 heteroatoms. The molecule has 0 saturated heterocycles. The van der Waals surface area contributed by atoms with Crippen molar-refractivity contribution in [2.75, 3.05) is 0 Å². The third kappa shape index (κ3) is 18.0. The summed E-state index contributed by atoms with van der Waals surface area (Å²) in [5, 5.41) is 0. The van der Waals surface area contributed by atoms with Gasteiger partial charge in [-0.05, 0) is 0 Å². The molecule has 22 heavy (non-hydrogen) atoms. The van der Waals surface area contributed by atoms with Crippen molar-refractivity contribution >= 4 is 9.52 Å². The maximum absolute atomic E-state index is 3.14. The first-order chi connectivity index (χ1) is 9.28. The molecule has 0 amide bonds. The molecule has 0 spiro atoms. The number of hydrogen-bond donors (Lipinski definition) is 0. The van der Waals surface area contributed by atoms with Crippen LogP contribution in [0.5, 0.6) is 0 Å². The molecule has 0 aromatic rings. The zero-order valence-corrected chi connectivity index (χ0v) is 19.2. The number of hydrogen-bond acceptors (Lipinski definition) is 0. The summed E-state index contributed by atoms with van der Waals surface area (Å²) in [6, 6.07) is 0. The van der Waals surface area contributed by atoms with Gasteiger partial charge >= 0.3 is 0 Å².